The van der Waals surface area contributed by atoms with E-state index in [2.05, 4.69) is 42.6 Å². The van der Waals surface area contributed by atoms with E-state index < -0.39 is 6.29 Å². The molecule has 10 nitrogen and oxygen atoms in total. The van der Waals surface area contributed by atoms with Gasteiger partial charge in [-0.2, -0.15) is 5.10 Å². The Labute approximate surface area is 275 Å². The van der Waals surface area contributed by atoms with Crippen LogP contribution in [0.3, 0.4) is 0 Å². The van der Waals surface area contributed by atoms with E-state index in [0.29, 0.717) is 24.2 Å². The van der Waals surface area contributed by atoms with Crippen LogP contribution in [0.15, 0.2) is 115 Å². The van der Waals surface area contributed by atoms with Gasteiger partial charge in [-0.1, -0.05) is 96.7 Å². The Kier molecular flexibility index (Phi) is 9.29. The molecule has 3 heterocycles. The number of hydrogen-bond acceptors (Lipinski definition) is 9. The minimum absolute atomic E-state index is 0.00499. The second-order valence-corrected chi connectivity index (χ2v) is 12.2. The van der Waals surface area contributed by atoms with Crippen LogP contribution in [0.25, 0.3) is 22.2 Å². The van der Waals surface area contributed by atoms with Gasteiger partial charge in [-0.15, -0.1) is 0 Å². The van der Waals surface area contributed by atoms with Crippen molar-refractivity contribution in [2.75, 3.05) is 5.75 Å². The standard InChI is InChI=1S/C36H32N6O4S/c43-20-23-9-11-25(12-10-23)33-17-28(21-47-36-39-22-40-42-36)45-35(46-33)26-15-13-24(14-16-26)29-6-2-1-5-27(29)18-38-34(44)32-19-37-30-7-3-4-8-31(30)41-32/h1-16,19,22,28,33,35,43H,17-18,20-21H2,(H,38,44)(H,39,40,42)/t28-,33+,35+/m0/s1. The number of benzene rings is 4. The molecule has 0 bridgehead atoms. The third-order valence-electron chi connectivity index (χ3n) is 8.05. The van der Waals surface area contributed by atoms with Gasteiger partial charge in [-0.25, -0.2) is 9.97 Å². The molecule has 1 amide bonds. The summed E-state index contributed by atoms with van der Waals surface area (Å²) in [4.78, 5) is 26.0. The molecular formula is C36H32N6O4S. The Morgan fingerprint density at radius 1 is 0.894 bits per heavy atom. The van der Waals surface area contributed by atoms with Crippen molar-refractivity contribution in [2.24, 2.45) is 0 Å². The number of nitrogens with one attached hydrogen (secondary N) is 2. The summed E-state index contributed by atoms with van der Waals surface area (Å²) in [5.74, 6) is 0.402. The summed E-state index contributed by atoms with van der Waals surface area (Å²) >= 11 is 1.56. The van der Waals surface area contributed by atoms with Gasteiger partial charge in [0, 0.05) is 24.3 Å². The van der Waals surface area contributed by atoms with Crippen molar-refractivity contribution in [3.05, 3.63) is 138 Å². The number of aliphatic hydroxyl groups excluding tert-OH is 1. The lowest BCUT2D eigenvalue weighted by Gasteiger charge is -2.36. The monoisotopic (exact) mass is 644 g/mol. The van der Waals surface area contributed by atoms with Gasteiger partial charge in [-0.3, -0.25) is 14.9 Å². The number of hydrogen-bond donors (Lipinski definition) is 3. The Morgan fingerprint density at radius 3 is 2.45 bits per heavy atom. The number of aromatic amines is 1. The number of rotatable bonds is 10. The number of amides is 1. The maximum atomic E-state index is 13.0. The molecule has 236 valence electrons. The van der Waals surface area contributed by atoms with E-state index >= 15 is 0 Å². The molecule has 47 heavy (non-hydrogen) atoms. The average Bonchev–Trinajstić information content (AvgIpc) is 3.67. The highest BCUT2D eigenvalue weighted by Gasteiger charge is 2.32. The maximum absolute atomic E-state index is 13.0. The van der Waals surface area contributed by atoms with Gasteiger partial charge in [0.05, 0.1) is 36.0 Å². The van der Waals surface area contributed by atoms with Crippen molar-refractivity contribution in [1.29, 1.82) is 0 Å². The first-order chi connectivity index (χ1) is 23.1. The molecule has 4 aromatic carbocycles. The first-order valence-corrected chi connectivity index (χ1v) is 16.3. The van der Waals surface area contributed by atoms with Crippen molar-refractivity contribution in [1.82, 2.24) is 30.5 Å². The van der Waals surface area contributed by atoms with E-state index in [0.717, 1.165) is 44.1 Å². The molecule has 7 rings (SSSR count). The second kappa shape index (κ2) is 14.2. The molecule has 2 aromatic heterocycles. The summed E-state index contributed by atoms with van der Waals surface area (Å²) in [5.41, 5.74) is 7.49. The Hall–Kier alpha value is -4.94. The molecule has 1 aliphatic heterocycles. The molecule has 1 fully saturated rings. The van der Waals surface area contributed by atoms with E-state index in [1.165, 1.54) is 12.5 Å². The molecule has 0 saturated carbocycles. The fraction of sp³-hybridized carbons (Fsp3) is 0.194. The molecular weight excluding hydrogens is 613 g/mol. The number of ether oxygens (including phenoxy) is 2. The molecule has 6 aromatic rings. The van der Waals surface area contributed by atoms with Crippen LogP contribution < -0.4 is 5.32 Å². The molecule has 3 N–H and O–H groups in total. The van der Waals surface area contributed by atoms with E-state index in [1.807, 2.05) is 84.9 Å². The first-order valence-electron chi connectivity index (χ1n) is 15.3. The SMILES string of the molecule is O=C(NCc1ccccc1-c1ccc([C@@H]2O[C@H](CSc3ncn[nH]3)C[C@H](c3ccc(CO)cc3)O2)cc1)c1cnc2ccccc2n1. The molecule has 0 unspecified atom stereocenters. The molecule has 3 atom stereocenters. The lowest BCUT2D eigenvalue weighted by molar-refractivity contribution is -0.245. The van der Waals surface area contributed by atoms with E-state index in [4.69, 9.17) is 9.47 Å². The van der Waals surface area contributed by atoms with Crippen LogP contribution in [0.2, 0.25) is 0 Å². The van der Waals surface area contributed by atoms with Gasteiger partial charge >= 0.3 is 0 Å². The highest BCUT2D eigenvalue weighted by Crippen LogP contribution is 2.39. The highest BCUT2D eigenvalue weighted by molar-refractivity contribution is 7.99. The number of H-pyrrole nitrogens is 1. The number of nitrogens with zero attached hydrogens (tertiary/aromatic N) is 4. The van der Waals surface area contributed by atoms with Crippen molar-refractivity contribution < 1.29 is 19.4 Å². The van der Waals surface area contributed by atoms with Crippen LogP contribution >= 0.6 is 11.8 Å². The third kappa shape index (κ3) is 7.23. The predicted octanol–water partition coefficient (Wildman–Crippen LogP) is 6.17. The number of carbonyl (C=O) groups excluding carboxylic acids is 1. The minimum atomic E-state index is -0.571. The van der Waals surface area contributed by atoms with E-state index in [1.54, 1.807) is 11.8 Å². The summed E-state index contributed by atoms with van der Waals surface area (Å²) in [6, 6.07) is 31.5. The van der Waals surface area contributed by atoms with Crippen molar-refractivity contribution >= 4 is 28.7 Å². The number of fused-ring (bicyclic) bond motifs is 1. The summed E-state index contributed by atoms with van der Waals surface area (Å²) < 4.78 is 13.0. The van der Waals surface area contributed by atoms with Crippen LogP contribution in [-0.2, 0) is 22.6 Å². The smallest absolute Gasteiger partial charge is 0.271 e. The molecule has 1 saturated heterocycles. The molecule has 0 radical (unpaired) electrons. The lowest BCUT2D eigenvalue weighted by Crippen LogP contribution is -2.31. The van der Waals surface area contributed by atoms with Gasteiger partial charge in [0.25, 0.3) is 5.91 Å². The molecule has 0 spiro atoms. The Balaban J connectivity index is 1.07. The summed E-state index contributed by atoms with van der Waals surface area (Å²) in [7, 11) is 0. The van der Waals surface area contributed by atoms with Gasteiger partial charge in [-0.05, 0) is 39.9 Å². The van der Waals surface area contributed by atoms with Crippen LogP contribution in [0.1, 0.15) is 51.6 Å². The van der Waals surface area contributed by atoms with Crippen molar-refractivity contribution in [3.63, 3.8) is 0 Å². The lowest BCUT2D eigenvalue weighted by atomic mass is 9.97. The number of carbonyl (C=O) groups is 1. The summed E-state index contributed by atoms with van der Waals surface area (Å²) in [6.45, 7) is 0.330. The largest absolute Gasteiger partial charge is 0.392 e. The van der Waals surface area contributed by atoms with Gasteiger partial charge in [0.15, 0.2) is 11.4 Å². The molecule has 1 aliphatic rings. The van der Waals surface area contributed by atoms with Crippen molar-refractivity contribution in [3.8, 4) is 11.1 Å². The zero-order valence-corrected chi connectivity index (χ0v) is 26.1. The number of thioether (sulfide) groups is 1. The Bertz CT molecular complexity index is 1950. The Morgan fingerprint density at radius 2 is 1.66 bits per heavy atom. The normalized spacial score (nSPS) is 17.9. The topological polar surface area (TPSA) is 135 Å². The zero-order valence-electron chi connectivity index (χ0n) is 25.3. The maximum Gasteiger partial charge on any atom is 0.271 e. The molecule has 11 heteroatoms. The second-order valence-electron chi connectivity index (χ2n) is 11.2. The van der Waals surface area contributed by atoms with Gasteiger partial charge in [0.1, 0.15) is 12.0 Å². The summed E-state index contributed by atoms with van der Waals surface area (Å²) in [5, 5.41) is 20.1. The van der Waals surface area contributed by atoms with Crippen LogP contribution in [0.5, 0.6) is 0 Å². The predicted molar refractivity (Wildman–Crippen MR) is 178 cm³/mol. The van der Waals surface area contributed by atoms with E-state index in [9.17, 15) is 9.90 Å². The zero-order chi connectivity index (χ0) is 32.0. The fourth-order valence-corrected chi connectivity index (χ4v) is 6.36. The van der Waals surface area contributed by atoms with Crippen LogP contribution in [-0.4, -0.2) is 48.0 Å². The van der Waals surface area contributed by atoms with Gasteiger partial charge < -0.3 is 19.9 Å². The first kappa shape index (κ1) is 30.7. The van der Waals surface area contributed by atoms with Crippen molar-refractivity contribution in [2.45, 2.75) is 43.2 Å². The average molecular weight is 645 g/mol. The number of para-hydroxylation sites is 2. The number of aliphatic hydroxyl groups is 1. The minimum Gasteiger partial charge on any atom is -0.392 e. The quantitative estimate of drug-likeness (QED) is 0.150. The highest BCUT2D eigenvalue weighted by atomic mass is 32.2. The fourth-order valence-electron chi connectivity index (χ4n) is 5.57. The van der Waals surface area contributed by atoms with Gasteiger partial charge in [0.2, 0.25) is 0 Å². The number of aromatic nitrogens is 5. The third-order valence-corrected chi connectivity index (χ3v) is 9.05. The summed E-state index contributed by atoms with van der Waals surface area (Å²) in [6.07, 6.45) is 2.83. The molecule has 0 aliphatic carbocycles. The van der Waals surface area contributed by atoms with E-state index in [-0.39, 0.29) is 30.4 Å². The van der Waals surface area contributed by atoms with Crippen LogP contribution in [0, 0.1) is 0 Å². The van der Waals surface area contributed by atoms with Crippen LogP contribution in [0.4, 0.5) is 0 Å².